The molecule has 110 valence electrons. The number of rotatable bonds is 5. The van der Waals surface area contributed by atoms with Crippen LogP contribution in [0.15, 0.2) is 24.3 Å². The molecule has 1 aromatic carbocycles. The second-order valence-electron chi connectivity index (χ2n) is 5.54. The average Bonchev–Trinajstić information content (AvgIpc) is 2.47. The van der Waals surface area contributed by atoms with E-state index in [2.05, 4.69) is 17.6 Å². The van der Waals surface area contributed by atoms with E-state index in [4.69, 9.17) is 4.74 Å². The van der Waals surface area contributed by atoms with Gasteiger partial charge in [-0.1, -0.05) is 6.92 Å². The van der Waals surface area contributed by atoms with Gasteiger partial charge in [0.1, 0.15) is 5.75 Å². The molecular formula is C16H24N2O2. The van der Waals surface area contributed by atoms with E-state index in [1.165, 1.54) is 0 Å². The van der Waals surface area contributed by atoms with Crippen LogP contribution in [-0.2, 0) is 4.79 Å². The van der Waals surface area contributed by atoms with Crippen LogP contribution in [0.3, 0.4) is 0 Å². The summed E-state index contributed by atoms with van der Waals surface area (Å²) in [6, 6.07) is 7.55. The highest BCUT2D eigenvalue weighted by Crippen LogP contribution is 2.22. The molecule has 1 heterocycles. The smallest absolute Gasteiger partial charge is 0.244 e. The van der Waals surface area contributed by atoms with Crippen LogP contribution in [0.2, 0.25) is 0 Å². The van der Waals surface area contributed by atoms with Crippen molar-refractivity contribution in [3.8, 4) is 5.75 Å². The molecule has 0 aromatic heterocycles. The van der Waals surface area contributed by atoms with E-state index in [-0.39, 0.29) is 5.91 Å². The Labute approximate surface area is 120 Å². The first-order chi connectivity index (χ1) is 9.64. The lowest BCUT2D eigenvalue weighted by molar-refractivity contribution is -0.122. The fraction of sp³-hybridized carbons (Fsp3) is 0.562. The Bertz CT molecular complexity index is 436. The number of amides is 1. The molecule has 1 unspecified atom stereocenters. The molecule has 1 saturated heterocycles. The van der Waals surface area contributed by atoms with Crippen LogP contribution in [0, 0.1) is 0 Å². The summed E-state index contributed by atoms with van der Waals surface area (Å²) in [5.41, 5.74) is 0.364. The Balaban J connectivity index is 1.93. The third-order valence-electron chi connectivity index (χ3n) is 3.70. The van der Waals surface area contributed by atoms with Crippen LogP contribution in [-0.4, -0.2) is 24.6 Å². The summed E-state index contributed by atoms with van der Waals surface area (Å²) in [7, 11) is 0. The number of piperidine rings is 1. The van der Waals surface area contributed by atoms with Gasteiger partial charge in [-0.05, 0) is 63.4 Å². The Morgan fingerprint density at radius 1 is 1.35 bits per heavy atom. The zero-order valence-electron chi connectivity index (χ0n) is 12.4. The molecule has 0 saturated carbocycles. The number of carbonyl (C=O) groups excluding carboxylic acids is 1. The summed E-state index contributed by atoms with van der Waals surface area (Å²) in [5, 5.41) is 6.30. The number of carbonyl (C=O) groups is 1. The third-order valence-corrected chi connectivity index (χ3v) is 3.70. The largest absolute Gasteiger partial charge is 0.494 e. The molecule has 2 rings (SSSR count). The van der Waals surface area contributed by atoms with E-state index in [1.54, 1.807) is 0 Å². The van der Waals surface area contributed by atoms with Crippen LogP contribution in [0.25, 0.3) is 0 Å². The van der Waals surface area contributed by atoms with Gasteiger partial charge in [-0.25, -0.2) is 0 Å². The van der Waals surface area contributed by atoms with Crippen molar-refractivity contribution in [2.24, 2.45) is 0 Å². The van der Waals surface area contributed by atoms with Crippen LogP contribution >= 0.6 is 0 Å². The summed E-state index contributed by atoms with van der Waals surface area (Å²) in [6.07, 6.45) is 4.12. The van der Waals surface area contributed by atoms with E-state index >= 15 is 0 Å². The maximum atomic E-state index is 12.3. The van der Waals surface area contributed by atoms with Gasteiger partial charge in [0.25, 0.3) is 0 Å². The summed E-state index contributed by atoms with van der Waals surface area (Å²) in [5.74, 6) is 0.881. The molecule has 1 atom stereocenters. The van der Waals surface area contributed by atoms with Crippen LogP contribution in [0.5, 0.6) is 5.75 Å². The molecule has 1 aliphatic rings. The third kappa shape index (κ3) is 3.73. The minimum atomic E-state index is -0.449. The quantitative estimate of drug-likeness (QED) is 0.869. The number of benzene rings is 1. The summed E-state index contributed by atoms with van der Waals surface area (Å²) < 4.78 is 5.53. The number of hydrogen-bond donors (Lipinski definition) is 2. The molecule has 1 amide bonds. The molecule has 2 N–H and O–H groups in total. The van der Waals surface area contributed by atoms with E-state index in [0.717, 1.165) is 43.7 Å². The Hall–Kier alpha value is -1.55. The highest BCUT2D eigenvalue weighted by Gasteiger charge is 2.34. The highest BCUT2D eigenvalue weighted by atomic mass is 16.5. The lowest BCUT2D eigenvalue weighted by atomic mass is 9.90. The van der Waals surface area contributed by atoms with Crippen molar-refractivity contribution >= 4 is 11.6 Å². The topological polar surface area (TPSA) is 50.4 Å². The Morgan fingerprint density at radius 2 is 2.10 bits per heavy atom. The normalized spacial score (nSPS) is 22.3. The van der Waals surface area contributed by atoms with Crippen LogP contribution < -0.4 is 15.4 Å². The summed E-state index contributed by atoms with van der Waals surface area (Å²) >= 11 is 0. The molecule has 4 nitrogen and oxygen atoms in total. The van der Waals surface area contributed by atoms with Crippen molar-refractivity contribution in [3.63, 3.8) is 0 Å². The maximum absolute atomic E-state index is 12.3. The molecule has 1 aliphatic heterocycles. The van der Waals surface area contributed by atoms with E-state index in [1.807, 2.05) is 31.2 Å². The lowest BCUT2D eigenvalue weighted by Gasteiger charge is -2.33. The Morgan fingerprint density at radius 3 is 2.70 bits per heavy atom. The summed E-state index contributed by atoms with van der Waals surface area (Å²) in [6.45, 7) is 5.67. The summed E-state index contributed by atoms with van der Waals surface area (Å²) in [4.78, 5) is 12.3. The van der Waals surface area contributed by atoms with Gasteiger partial charge in [0.05, 0.1) is 12.1 Å². The molecule has 0 bridgehead atoms. The average molecular weight is 276 g/mol. The second kappa shape index (κ2) is 6.75. The highest BCUT2D eigenvalue weighted by molar-refractivity contribution is 5.97. The minimum Gasteiger partial charge on any atom is -0.494 e. The zero-order valence-corrected chi connectivity index (χ0v) is 12.4. The van der Waals surface area contributed by atoms with Crippen molar-refractivity contribution < 1.29 is 9.53 Å². The molecule has 4 heteroatoms. The van der Waals surface area contributed by atoms with Crippen LogP contribution in [0.1, 0.15) is 39.5 Å². The lowest BCUT2D eigenvalue weighted by Crippen LogP contribution is -2.54. The zero-order chi connectivity index (χ0) is 14.4. The fourth-order valence-corrected chi connectivity index (χ4v) is 2.37. The van der Waals surface area contributed by atoms with Gasteiger partial charge in [0.15, 0.2) is 0 Å². The molecular weight excluding hydrogens is 252 g/mol. The van der Waals surface area contributed by atoms with Crippen molar-refractivity contribution in [3.05, 3.63) is 24.3 Å². The standard InChI is InChI=1S/C16H24N2O2/c1-3-12-20-14-8-6-13(7-9-14)18-15(19)16(2)10-4-5-11-17-16/h6-9,17H,3-5,10-12H2,1-2H3,(H,18,19). The number of ether oxygens (including phenoxy) is 1. The first-order valence-electron chi connectivity index (χ1n) is 7.43. The second-order valence-corrected chi connectivity index (χ2v) is 5.54. The first-order valence-corrected chi connectivity index (χ1v) is 7.43. The first kappa shape index (κ1) is 14.9. The van der Waals surface area contributed by atoms with E-state index < -0.39 is 5.54 Å². The van der Waals surface area contributed by atoms with E-state index in [0.29, 0.717) is 6.61 Å². The molecule has 20 heavy (non-hydrogen) atoms. The van der Waals surface area contributed by atoms with Gasteiger partial charge < -0.3 is 15.4 Å². The van der Waals surface area contributed by atoms with Gasteiger partial charge in [-0.3, -0.25) is 4.79 Å². The fourth-order valence-electron chi connectivity index (χ4n) is 2.37. The van der Waals surface area contributed by atoms with Gasteiger partial charge in [0.2, 0.25) is 5.91 Å². The maximum Gasteiger partial charge on any atom is 0.244 e. The number of hydrogen-bond acceptors (Lipinski definition) is 3. The van der Waals surface area contributed by atoms with Gasteiger partial charge in [-0.15, -0.1) is 0 Å². The van der Waals surface area contributed by atoms with Crippen molar-refractivity contribution in [2.45, 2.75) is 45.1 Å². The number of anilines is 1. The van der Waals surface area contributed by atoms with Gasteiger partial charge in [-0.2, -0.15) is 0 Å². The predicted molar refractivity (Wildman–Crippen MR) is 81.1 cm³/mol. The molecule has 0 aliphatic carbocycles. The van der Waals surface area contributed by atoms with Crippen molar-refractivity contribution in [2.75, 3.05) is 18.5 Å². The molecule has 1 fully saturated rings. The van der Waals surface area contributed by atoms with Crippen LogP contribution in [0.4, 0.5) is 5.69 Å². The van der Waals surface area contributed by atoms with Gasteiger partial charge >= 0.3 is 0 Å². The molecule has 1 aromatic rings. The Kier molecular flexibility index (Phi) is 5.01. The molecule has 0 radical (unpaired) electrons. The molecule has 0 spiro atoms. The van der Waals surface area contributed by atoms with Crippen molar-refractivity contribution in [1.29, 1.82) is 0 Å². The SMILES string of the molecule is CCCOc1ccc(NC(=O)C2(C)CCCCN2)cc1. The van der Waals surface area contributed by atoms with Crippen molar-refractivity contribution in [1.82, 2.24) is 5.32 Å². The monoisotopic (exact) mass is 276 g/mol. The predicted octanol–water partition coefficient (Wildman–Crippen LogP) is 2.95. The number of nitrogens with one attached hydrogen (secondary N) is 2. The van der Waals surface area contributed by atoms with E-state index in [9.17, 15) is 4.79 Å². The minimum absolute atomic E-state index is 0.0411. The van der Waals surface area contributed by atoms with Gasteiger partial charge in [0, 0.05) is 5.69 Å².